The fraction of sp³-hybridized carbons (Fsp3) is 0.875. The zero-order chi connectivity index (χ0) is 15.2. The monoisotopic (exact) mass is 296 g/mol. The molecule has 2 saturated carbocycles. The molecule has 0 amide bonds. The first-order valence-corrected chi connectivity index (χ1v) is 8.12. The van der Waals surface area contributed by atoms with Gasteiger partial charge in [0.15, 0.2) is 0 Å². The van der Waals surface area contributed by atoms with Crippen molar-refractivity contribution in [3.8, 4) is 0 Å². The molecule has 5 unspecified atom stereocenters. The van der Waals surface area contributed by atoms with Crippen molar-refractivity contribution >= 4 is 11.9 Å². The molecule has 2 bridgehead atoms. The molecule has 0 N–H and O–H groups in total. The van der Waals surface area contributed by atoms with E-state index in [1.807, 2.05) is 0 Å². The van der Waals surface area contributed by atoms with E-state index in [4.69, 9.17) is 9.47 Å². The minimum absolute atomic E-state index is 0.0826. The summed E-state index contributed by atoms with van der Waals surface area (Å²) in [4.78, 5) is 24.2. The van der Waals surface area contributed by atoms with Gasteiger partial charge in [0.25, 0.3) is 0 Å². The standard InChI is InChI=1S/C16H26NO4/c1-4-17(2,3)6-5-7-20-15(18)13-10-8-11-12(9-10)21-16(19)14(11)13/h10-14H,4-9H2,1-3H3/q+1. The lowest BCUT2D eigenvalue weighted by molar-refractivity contribution is -0.888. The molecule has 5 heteroatoms. The highest BCUT2D eigenvalue weighted by Gasteiger charge is 2.64. The van der Waals surface area contributed by atoms with E-state index in [2.05, 4.69) is 21.0 Å². The topological polar surface area (TPSA) is 52.6 Å². The molecule has 3 rings (SSSR count). The van der Waals surface area contributed by atoms with Crippen molar-refractivity contribution < 1.29 is 23.5 Å². The number of hydrogen-bond acceptors (Lipinski definition) is 4. The maximum Gasteiger partial charge on any atom is 0.310 e. The first kappa shape index (κ1) is 14.8. The van der Waals surface area contributed by atoms with Crippen LogP contribution in [0.3, 0.4) is 0 Å². The third kappa shape index (κ3) is 2.56. The average molecular weight is 296 g/mol. The lowest BCUT2D eigenvalue weighted by Crippen LogP contribution is -2.40. The number of quaternary nitrogens is 1. The van der Waals surface area contributed by atoms with Crippen molar-refractivity contribution in [2.45, 2.75) is 32.3 Å². The molecule has 0 aromatic rings. The number of esters is 2. The molecule has 3 fully saturated rings. The van der Waals surface area contributed by atoms with Gasteiger partial charge in [0.2, 0.25) is 0 Å². The van der Waals surface area contributed by atoms with E-state index in [9.17, 15) is 9.59 Å². The van der Waals surface area contributed by atoms with Crippen LogP contribution in [0.4, 0.5) is 0 Å². The van der Waals surface area contributed by atoms with Crippen LogP contribution in [-0.2, 0) is 19.1 Å². The van der Waals surface area contributed by atoms with Crippen LogP contribution in [-0.4, -0.2) is 56.3 Å². The van der Waals surface area contributed by atoms with Crippen LogP contribution < -0.4 is 0 Å². The van der Waals surface area contributed by atoms with E-state index in [0.29, 0.717) is 12.5 Å². The zero-order valence-electron chi connectivity index (χ0n) is 13.2. The Kier molecular flexibility index (Phi) is 3.72. The number of carbonyl (C=O) groups excluding carboxylic acids is 2. The van der Waals surface area contributed by atoms with Gasteiger partial charge in [-0.2, -0.15) is 0 Å². The van der Waals surface area contributed by atoms with E-state index in [0.717, 1.165) is 36.8 Å². The Balaban J connectivity index is 1.49. The Morgan fingerprint density at radius 3 is 2.86 bits per heavy atom. The fourth-order valence-electron chi connectivity index (χ4n) is 4.24. The first-order valence-electron chi connectivity index (χ1n) is 8.12. The molecule has 21 heavy (non-hydrogen) atoms. The van der Waals surface area contributed by atoms with Gasteiger partial charge >= 0.3 is 11.9 Å². The predicted octanol–water partition coefficient (Wildman–Crippen LogP) is 1.21. The highest BCUT2D eigenvalue weighted by Crippen LogP contribution is 2.57. The van der Waals surface area contributed by atoms with Gasteiger partial charge in [0, 0.05) is 12.3 Å². The van der Waals surface area contributed by atoms with Crippen LogP contribution in [0.15, 0.2) is 0 Å². The van der Waals surface area contributed by atoms with Crippen molar-refractivity contribution in [1.29, 1.82) is 0 Å². The Bertz CT molecular complexity index is 446. The van der Waals surface area contributed by atoms with E-state index < -0.39 is 0 Å². The molecule has 0 radical (unpaired) electrons. The van der Waals surface area contributed by atoms with E-state index in [1.165, 1.54) is 0 Å². The molecule has 1 aliphatic heterocycles. The molecule has 0 aromatic carbocycles. The largest absolute Gasteiger partial charge is 0.465 e. The number of rotatable bonds is 6. The van der Waals surface area contributed by atoms with Gasteiger partial charge in [0.1, 0.15) is 6.10 Å². The maximum absolute atomic E-state index is 12.3. The summed E-state index contributed by atoms with van der Waals surface area (Å²) in [5, 5.41) is 0. The van der Waals surface area contributed by atoms with Crippen LogP contribution >= 0.6 is 0 Å². The summed E-state index contributed by atoms with van der Waals surface area (Å²) in [6, 6.07) is 0. The molecule has 2 aliphatic carbocycles. The SMILES string of the molecule is CC[N+](C)(C)CCCOC(=O)C1C2CC3OC(=O)C1C3C2. The van der Waals surface area contributed by atoms with Crippen LogP contribution in [0, 0.1) is 23.7 Å². The number of ether oxygens (including phenoxy) is 2. The van der Waals surface area contributed by atoms with Gasteiger partial charge in [-0.25, -0.2) is 0 Å². The quantitative estimate of drug-likeness (QED) is 0.420. The summed E-state index contributed by atoms with van der Waals surface area (Å²) in [5.41, 5.74) is 0. The van der Waals surface area contributed by atoms with Gasteiger partial charge in [-0.15, -0.1) is 0 Å². The second-order valence-electron chi connectivity index (χ2n) is 7.42. The van der Waals surface area contributed by atoms with Crippen molar-refractivity contribution in [3.05, 3.63) is 0 Å². The first-order chi connectivity index (χ1) is 9.93. The Morgan fingerprint density at radius 2 is 2.14 bits per heavy atom. The maximum atomic E-state index is 12.3. The van der Waals surface area contributed by atoms with Crippen LogP contribution in [0.5, 0.6) is 0 Å². The Morgan fingerprint density at radius 1 is 1.38 bits per heavy atom. The molecular formula is C16H26NO4+. The predicted molar refractivity (Wildman–Crippen MR) is 76.2 cm³/mol. The molecule has 5 nitrogen and oxygen atoms in total. The molecule has 3 aliphatic rings. The number of hydrogen-bond donors (Lipinski definition) is 0. The van der Waals surface area contributed by atoms with Crippen LogP contribution in [0.1, 0.15) is 26.2 Å². The van der Waals surface area contributed by atoms with Crippen molar-refractivity contribution in [1.82, 2.24) is 0 Å². The normalized spacial score (nSPS) is 36.9. The van der Waals surface area contributed by atoms with Gasteiger partial charge in [-0.05, 0) is 25.7 Å². The lowest BCUT2D eigenvalue weighted by Gasteiger charge is -2.28. The van der Waals surface area contributed by atoms with Gasteiger partial charge in [-0.1, -0.05) is 0 Å². The summed E-state index contributed by atoms with van der Waals surface area (Å²) < 4.78 is 11.7. The summed E-state index contributed by atoms with van der Waals surface area (Å²) in [6.07, 6.45) is 2.76. The smallest absolute Gasteiger partial charge is 0.310 e. The summed E-state index contributed by atoms with van der Waals surface area (Å²) in [5.74, 6) is -0.232. The number of carbonyl (C=O) groups is 2. The van der Waals surface area contributed by atoms with Crippen LogP contribution in [0.2, 0.25) is 0 Å². The molecular weight excluding hydrogens is 270 g/mol. The Labute approximate surface area is 126 Å². The molecule has 0 spiro atoms. The minimum atomic E-state index is -0.241. The molecule has 1 saturated heterocycles. The number of nitrogens with zero attached hydrogens (tertiary/aromatic N) is 1. The van der Waals surface area contributed by atoms with Gasteiger partial charge in [-0.3, -0.25) is 9.59 Å². The van der Waals surface area contributed by atoms with Crippen molar-refractivity contribution in [2.75, 3.05) is 33.8 Å². The van der Waals surface area contributed by atoms with Crippen molar-refractivity contribution in [3.63, 3.8) is 0 Å². The molecule has 1 heterocycles. The van der Waals surface area contributed by atoms with Gasteiger partial charge < -0.3 is 14.0 Å². The summed E-state index contributed by atoms with van der Waals surface area (Å²) >= 11 is 0. The highest BCUT2D eigenvalue weighted by atomic mass is 16.6. The van der Waals surface area contributed by atoms with E-state index in [-0.39, 0.29) is 35.8 Å². The third-order valence-corrected chi connectivity index (χ3v) is 5.76. The second kappa shape index (κ2) is 5.27. The molecule has 5 atom stereocenters. The Hall–Kier alpha value is -1.10. The summed E-state index contributed by atoms with van der Waals surface area (Å²) in [7, 11) is 4.35. The van der Waals surface area contributed by atoms with Gasteiger partial charge in [0.05, 0.1) is 45.6 Å². The highest BCUT2D eigenvalue weighted by molar-refractivity contribution is 5.85. The number of fused-ring (bicyclic) bond motifs is 1. The third-order valence-electron chi connectivity index (χ3n) is 5.76. The minimum Gasteiger partial charge on any atom is -0.465 e. The van der Waals surface area contributed by atoms with Crippen LogP contribution in [0.25, 0.3) is 0 Å². The lowest BCUT2D eigenvalue weighted by atomic mass is 9.80. The molecule has 0 aromatic heterocycles. The second-order valence-corrected chi connectivity index (χ2v) is 7.42. The van der Waals surface area contributed by atoms with Crippen molar-refractivity contribution in [2.24, 2.45) is 23.7 Å². The van der Waals surface area contributed by atoms with E-state index >= 15 is 0 Å². The summed E-state index contributed by atoms with van der Waals surface area (Å²) in [6.45, 7) is 4.67. The van der Waals surface area contributed by atoms with E-state index in [1.54, 1.807) is 0 Å². The average Bonchev–Trinajstić information content (AvgIpc) is 3.04. The zero-order valence-corrected chi connectivity index (χ0v) is 13.2. The fourth-order valence-corrected chi connectivity index (χ4v) is 4.24. The molecule has 118 valence electrons.